The molecule has 0 bridgehead atoms. The summed E-state index contributed by atoms with van der Waals surface area (Å²) in [5, 5.41) is 113. The molecule has 0 saturated carbocycles. The number of carboxylic acids is 7. The monoisotopic (exact) mass is 1620 g/mol. The molecular formula is C66H93N15O31S. The van der Waals surface area contributed by atoms with Gasteiger partial charge in [-0.25, -0.2) is 0 Å². The first-order chi connectivity index (χ1) is 53.0. The SMILES string of the molecule is CSCC[C@H](NC(=O)[C@H](CCC(=O)O)NC(=O)[C@H](Cc1ccc(O)cc1)NC(=O)[C@H](C)NC(=O)[C@H](CCC(=O)O)NC(=O)[C@H](CC(N)=O)NC(=O)[C@H](CC(=O)O)NC(=O)[C@@H]1CCCN1C(=O)[C@H](CC(=O)O)NC(C)=O)C(=O)N1CCC[C@H]1C(=O)N[C@@H](CO)C(=O)N[C@@H](CCC(=O)O)C(=O)N[C@@H](CCC(=O)O)C(=O)NCC(=O)O. The Kier molecular flexibility index (Phi) is 39.5. The molecule has 0 radical (unpaired) electrons. The lowest BCUT2D eigenvalue weighted by Gasteiger charge is -2.31. The fraction of sp³-hybridized carbons (Fsp3) is 0.576. The van der Waals surface area contributed by atoms with Gasteiger partial charge in [-0.3, -0.25) is 105 Å². The fourth-order valence-corrected chi connectivity index (χ4v) is 11.9. The van der Waals surface area contributed by atoms with E-state index in [4.69, 9.17) is 10.8 Å². The van der Waals surface area contributed by atoms with E-state index in [-0.39, 0.29) is 62.3 Å². The number of benzene rings is 1. The summed E-state index contributed by atoms with van der Waals surface area (Å²) in [7, 11) is 0. The van der Waals surface area contributed by atoms with Crippen molar-refractivity contribution in [1.82, 2.24) is 73.6 Å². The molecule has 0 spiro atoms. The number of phenols is 1. The molecule has 13 atom stereocenters. The number of aromatic hydroxyl groups is 1. The minimum atomic E-state index is -2.14. The van der Waals surface area contributed by atoms with Crippen LogP contribution in [0.15, 0.2) is 24.3 Å². The highest BCUT2D eigenvalue weighted by molar-refractivity contribution is 7.98. The van der Waals surface area contributed by atoms with Crippen LogP contribution in [0, 0.1) is 0 Å². The maximum absolute atomic E-state index is 14.6. The number of hydrogen-bond donors (Lipinski definition) is 22. The quantitative estimate of drug-likeness (QED) is 0.0288. The summed E-state index contributed by atoms with van der Waals surface area (Å²) in [5.74, 6) is -28.8. The van der Waals surface area contributed by atoms with Gasteiger partial charge in [0.2, 0.25) is 88.6 Å². The Morgan fingerprint density at radius 3 is 1.19 bits per heavy atom. The number of carbonyl (C=O) groups excluding carboxylic acids is 15. The number of nitrogens with two attached hydrogens (primary N) is 1. The van der Waals surface area contributed by atoms with Crippen LogP contribution >= 0.6 is 11.8 Å². The van der Waals surface area contributed by atoms with E-state index in [1.54, 1.807) is 6.26 Å². The van der Waals surface area contributed by atoms with Crippen molar-refractivity contribution in [1.29, 1.82) is 0 Å². The summed E-state index contributed by atoms with van der Waals surface area (Å²) < 4.78 is 0. The number of thioether (sulfide) groups is 1. The molecule has 2 heterocycles. The predicted molar refractivity (Wildman–Crippen MR) is 380 cm³/mol. The van der Waals surface area contributed by atoms with E-state index in [9.17, 15) is 146 Å². The van der Waals surface area contributed by atoms with Gasteiger partial charge in [0, 0.05) is 52.1 Å². The first-order valence-electron chi connectivity index (χ1n) is 34.9. The average molecular weight is 1620 g/mol. The van der Waals surface area contributed by atoms with E-state index in [1.807, 2.05) is 10.6 Å². The van der Waals surface area contributed by atoms with Gasteiger partial charge < -0.3 is 125 Å². The number of aliphatic carboxylic acids is 7. The molecule has 1 aromatic carbocycles. The van der Waals surface area contributed by atoms with Crippen molar-refractivity contribution in [2.75, 3.05) is 38.2 Å². The Morgan fingerprint density at radius 1 is 0.425 bits per heavy atom. The average Bonchev–Trinajstić information content (AvgIpc) is 1.75. The van der Waals surface area contributed by atoms with E-state index in [0.717, 1.165) is 23.6 Å². The molecule has 46 nitrogen and oxygen atoms in total. The van der Waals surface area contributed by atoms with Gasteiger partial charge in [-0.15, -0.1) is 0 Å². The zero-order valence-electron chi connectivity index (χ0n) is 61.3. The van der Waals surface area contributed by atoms with Crippen molar-refractivity contribution >= 4 is 142 Å². The number of hydrogen-bond acceptors (Lipinski definition) is 25. The Hall–Kier alpha value is -12.3. The molecule has 624 valence electrons. The number of phenolic OH excluding ortho intramolecular Hbond substituents is 1. The lowest BCUT2D eigenvalue weighted by atomic mass is 10.0. The number of carbonyl (C=O) groups is 22. The van der Waals surface area contributed by atoms with E-state index in [1.165, 1.54) is 36.0 Å². The third kappa shape index (κ3) is 33.4. The molecule has 1 aromatic rings. The molecule has 2 fully saturated rings. The van der Waals surface area contributed by atoms with E-state index < -0.39 is 299 Å². The molecular weight excluding hydrogens is 1530 g/mol. The summed E-state index contributed by atoms with van der Waals surface area (Å²) in [4.78, 5) is 288. The normalized spacial score (nSPS) is 16.5. The van der Waals surface area contributed by atoms with Gasteiger partial charge in [-0.05, 0) is 94.4 Å². The summed E-state index contributed by atoms with van der Waals surface area (Å²) in [6, 6.07) is -18.4. The topological polar surface area (TPSA) is 734 Å². The lowest BCUT2D eigenvalue weighted by Crippen LogP contribution is -2.61. The van der Waals surface area contributed by atoms with Crippen LogP contribution in [0.3, 0.4) is 0 Å². The largest absolute Gasteiger partial charge is 0.508 e. The van der Waals surface area contributed by atoms with Crippen LogP contribution in [0.2, 0.25) is 0 Å². The number of likely N-dealkylation sites (tertiary alicyclic amines) is 2. The van der Waals surface area contributed by atoms with Crippen LogP contribution in [0.4, 0.5) is 0 Å². The molecule has 0 unspecified atom stereocenters. The van der Waals surface area contributed by atoms with Crippen LogP contribution in [0.1, 0.15) is 122 Å². The first kappa shape index (κ1) is 94.9. The summed E-state index contributed by atoms with van der Waals surface area (Å²) in [6.45, 7) is -0.448. The summed E-state index contributed by atoms with van der Waals surface area (Å²) >= 11 is 1.18. The summed E-state index contributed by atoms with van der Waals surface area (Å²) in [5.41, 5.74) is 5.59. The highest BCUT2D eigenvalue weighted by Gasteiger charge is 2.43. The smallest absolute Gasteiger partial charge is 0.322 e. The van der Waals surface area contributed by atoms with Gasteiger partial charge in [0.25, 0.3) is 0 Å². The third-order valence-electron chi connectivity index (χ3n) is 17.1. The highest BCUT2D eigenvalue weighted by Crippen LogP contribution is 2.23. The predicted octanol–water partition coefficient (Wildman–Crippen LogP) is -8.48. The van der Waals surface area contributed by atoms with Gasteiger partial charge in [0.05, 0.1) is 25.9 Å². The number of aliphatic hydroxyl groups is 1. The second-order valence-corrected chi connectivity index (χ2v) is 26.9. The number of aliphatic hydroxyl groups excluding tert-OH is 1. The maximum Gasteiger partial charge on any atom is 0.322 e. The zero-order chi connectivity index (χ0) is 85.1. The molecule has 23 N–H and O–H groups in total. The van der Waals surface area contributed by atoms with Crippen LogP contribution in [-0.4, -0.2) is 303 Å². The third-order valence-corrected chi connectivity index (χ3v) is 17.8. The number of amides is 15. The molecule has 2 saturated heterocycles. The number of nitrogens with one attached hydrogen (secondary N) is 12. The van der Waals surface area contributed by atoms with E-state index in [0.29, 0.717) is 0 Å². The van der Waals surface area contributed by atoms with Gasteiger partial charge in [-0.2, -0.15) is 11.8 Å². The minimum Gasteiger partial charge on any atom is -0.508 e. The van der Waals surface area contributed by atoms with Gasteiger partial charge in [-0.1, -0.05) is 12.1 Å². The van der Waals surface area contributed by atoms with Gasteiger partial charge >= 0.3 is 41.8 Å². The number of nitrogens with zero attached hydrogens (tertiary/aromatic N) is 2. The molecule has 15 amide bonds. The number of carboxylic acid groups (broad SMARTS) is 7. The van der Waals surface area contributed by atoms with E-state index >= 15 is 0 Å². The number of rotatable bonds is 50. The Morgan fingerprint density at radius 2 is 0.788 bits per heavy atom. The lowest BCUT2D eigenvalue weighted by molar-refractivity contribution is -0.146. The van der Waals surface area contributed by atoms with Crippen molar-refractivity contribution in [2.45, 2.75) is 202 Å². The molecule has 3 rings (SSSR count). The van der Waals surface area contributed by atoms with Gasteiger partial charge in [0.15, 0.2) is 0 Å². The van der Waals surface area contributed by atoms with Crippen LogP contribution in [-0.2, 0) is 112 Å². The number of primary amides is 1. The highest BCUT2D eigenvalue weighted by atomic mass is 32.2. The Balaban J connectivity index is 1.91. The first-order valence-corrected chi connectivity index (χ1v) is 36.3. The second kappa shape index (κ2) is 47.0. The van der Waals surface area contributed by atoms with Crippen molar-refractivity contribution in [3.63, 3.8) is 0 Å². The van der Waals surface area contributed by atoms with Crippen molar-refractivity contribution < 1.29 is 151 Å². The minimum absolute atomic E-state index is 0.103. The second-order valence-electron chi connectivity index (χ2n) is 26.0. The Bertz CT molecular complexity index is 3700. The standard InChI is InChI=1S/C66H93N15O31S/c1-30(69-56(102)35(13-17-48(88)89)72-60(106)40(25-46(67)85)77-61(107)41(26-51(94)95)78-63(109)44-6-5-22-81(44)66(112)42(27-52(96)97)70-31(2)83)54(100)76-39(24-32-8-10-33(84)11-9-32)59(105)73-37(15-19-50(92)93)58(104)75-38(20-23-113-3)65(111)80-21-4-7-45(80)64(110)79-43(29-82)62(108)74-36(14-18-49(90)91)57(103)71-34(12-16-47(86)87)55(101)68-28-53(98)99/h8-11,30,34-45,82,84H,4-7,12-29H2,1-3H3,(H2,67,85)(H,68,101)(H,69,102)(H,70,83)(H,71,103)(H,72,106)(H,73,105)(H,74,108)(H,75,104)(H,76,100)(H,77,107)(H,78,109)(H,79,110)(H,86,87)(H,88,89)(H,90,91)(H,92,93)(H,94,95)(H,96,97)(H,98,99)/t30-,34-,35-,36-,37-,38-,39-,40-,41-,42-,43-,44-,45-/m0/s1. The zero-order valence-corrected chi connectivity index (χ0v) is 62.1. The van der Waals surface area contributed by atoms with Crippen molar-refractivity contribution in [3.05, 3.63) is 29.8 Å². The molecule has 2 aliphatic rings. The van der Waals surface area contributed by atoms with Crippen LogP contribution in [0.25, 0.3) is 0 Å². The van der Waals surface area contributed by atoms with E-state index in [2.05, 4.69) is 53.2 Å². The van der Waals surface area contributed by atoms with Crippen LogP contribution in [0.5, 0.6) is 5.75 Å². The fourth-order valence-electron chi connectivity index (χ4n) is 11.5. The van der Waals surface area contributed by atoms with Gasteiger partial charge in [0.1, 0.15) is 90.8 Å². The Labute approximate surface area is 646 Å². The molecule has 47 heteroatoms. The summed E-state index contributed by atoms with van der Waals surface area (Å²) in [6.07, 6.45) is -8.32. The molecule has 0 aliphatic carbocycles. The van der Waals surface area contributed by atoms with Crippen molar-refractivity contribution in [2.24, 2.45) is 5.73 Å². The van der Waals surface area contributed by atoms with Crippen molar-refractivity contribution in [3.8, 4) is 5.75 Å². The van der Waals surface area contributed by atoms with Crippen LogP contribution < -0.4 is 69.5 Å². The molecule has 113 heavy (non-hydrogen) atoms. The molecule has 0 aromatic heterocycles. The molecule has 2 aliphatic heterocycles. The maximum atomic E-state index is 14.6.